The number of nitrogens with zero attached hydrogens (tertiary/aromatic N) is 2. The van der Waals surface area contributed by atoms with Gasteiger partial charge in [-0.05, 0) is 11.1 Å². The summed E-state index contributed by atoms with van der Waals surface area (Å²) in [7, 11) is 0. The summed E-state index contributed by atoms with van der Waals surface area (Å²) >= 11 is 0. The molecule has 0 saturated carbocycles. The van der Waals surface area contributed by atoms with Gasteiger partial charge >= 0.3 is 6.03 Å². The lowest BCUT2D eigenvalue weighted by molar-refractivity contribution is -0.00286. The molecule has 2 heterocycles. The fourth-order valence-corrected chi connectivity index (χ4v) is 2.69. The Kier molecular flexibility index (Phi) is 3.93. The van der Waals surface area contributed by atoms with Crippen molar-refractivity contribution >= 4 is 11.9 Å². The minimum absolute atomic E-state index is 0.0198. The third kappa shape index (κ3) is 3.13. The minimum Gasteiger partial charge on any atom is -0.390 e. The van der Waals surface area contributed by atoms with Gasteiger partial charge in [-0.2, -0.15) is 0 Å². The van der Waals surface area contributed by atoms with Gasteiger partial charge in [-0.3, -0.25) is 15.2 Å². The highest BCUT2D eigenvalue weighted by Gasteiger charge is 2.31. The summed E-state index contributed by atoms with van der Waals surface area (Å²) in [6, 6.07) is 7.44. The lowest BCUT2D eigenvalue weighted by Crippen LogP contribution is -2.49. The van der Waals surface area contributed by atoms with E-state index in [4.69, 9.17) is 16.9 Å². The number of amidine groups is 1. The van der Waals surface area contributed by atoms with Gasteiger partial charge < -0.3 is 21.9 Å². The summed E-state index contributed by atoms with van der Waals surface area (Å²) < 4.78 is 0. The highest BCUT2D eigenvalue weighted by molar-refractivity contribution is 6.13. The van der Waals surface area contributed by atoms with Crippen LogP contribution in [0.4, 0.5) is 4.79 Å². The van der Waals surface area contributed by atoms with Gasteiger partial charge in [0.25, 0.3) is 0 Å². The zero-order valence-corrected chi connectivity index (χ0v) is 12.6. The van der Waals surface area contributed by atoms with Crippen molar-refractivity contribution in [3.05, 3.63) is 46.9 Å². The quantitative estimate of drug-likeness (QED) is 0.508. The fourth-order valence-electron chi connectivity index (χ4n) is 2.69. The lowest BCUT2D eigenvalue weighted by Gasteiger charge is -2.35. The van der Waals surface area contributed by atoms with E-state index in [0.717, 1.165) is 17.7 Å². The molecule has 0 unspecified atom stereocenters. The van der Waals surface area contributed by atoms with Crippen LogP contribution in [0.1, 0.15) is 11.1 Å². The lowest BCUT2D eigenvalue weighted by atomic mass is 10.1. The molecule has 2 aliphatic rings. The molecule has 1 aromatic carbocycles. The van der Waals surface area contributed by atoms with Gasteiger partial charge in [0.1, 0.15) is 11.5 Å². The van der Waals surface area contributed by atoms with Crippen molar-refractivity contribution in [1.29, 1.82) is 5.41 Å². The van der Waals surface area contributed by atoms with Gasteiger partial charge in [-0.15, -0.1) is 0 Å². The van der Waals surface area contributed by atoms with Crippen LogP contribution in [0.15, 0.2) is 35.8 Å². The zero-order valence-electron chi connectivity index (χ0n) is 12.6. The topological polar surface area (TPSA) is 132 Å². The average molecular weight is 316 g/mol. The Bertz CT molecular complexity index is 659. The summed E-state index contributed by atoms with van der Waals surface area (Å²) in [5, 5.41) is 19.7. The Morgan fingerprint density at radius 3 is 2.26 bits per heavy atom. The number of β-amino-alcohol motifs (C(OH)–C–C–N with tert-alkyl or cyclic N) is 1. The summed E-state index contributed by atoms with van der Waals surface area (Å²) in [6.45, 7) is 2.50. The normalized spacial score (nSPS) is 19.0. The van der Waals surface area contributed by atoms with Crippen LogP contribution in [0.2, 0.25) is 0 Å². The molecule has 2 amide bonds. The van der Waals surface area contributed by atoms with Crippen LogP contribution in [0.5, 0.6) is 0 Å². The second kappa shape index (κ2) is 5.90. The number of aliphatic hydroxyl groups excluding tert-OH is 1. The molecule has 2 saturated heterocycles. The summed E-state index contributed by atoms with van der Waals surface area (Å²) in [6.07, 6.45) is -0.203. The summed E-state index contributed by atoms with van der Waals surface area (Å²) in [5.41, 5.74) is 13.1. The molecule has 0 radical (unpaired) electrons. The predicted octanol–water partition coefficient (Wildman–Crippen LogP) is -0.548. The number of urea groups is 1. The van der Waals surface area contributed by atoms with Crippen LogP contribution in [0.3, 0.4) is 0 Å². The van der Waals surface area contributed by atoms with E-state index in [1.807, 2.05) is 24.3 Å². The zero-order chi connectivity index (χ0) is 16.6. The molecule has 2 aliphatic heterocycles. The molecule has 2 fully saturated rings. The smallest absolute Gasteiger partial charge is 0.328 e. The molecule has 23 heavy (non-hydrogen) atoms. The number of hydrogen-bond donors (Lipinski definition) is 5. The second-order valence-corrected chi connectivity index (χ2v) is 5.86. The first-order valence-corrected chi connectivity index (χ1v) is 7.35. The van der Waals surface area contributed by atoms with Crippen LogP contribution in [0, 0.1) is 5.41 Å². The molecule has 8 nitrogen and oxygen atoms in total. The van der Waals surface area contributed by atoms with Crippen LogP contribution < -0.4 is 16.8 Å². The van der Waals surface area contributed by atoms with Gasteiger partial charge in [0.15, 0.2) is 5.84 Å². The Hall–Kier alpha value is -2.58. The van der Waals surface area contributed by atoms with Crippen LogP contribution in [-0.4, -0.2) is 46.0 Å². The summed E-state index contributed by atoms with van der Waals surface area (Å²) in [4.78, 5) is 15.3. The third-order valence-corrected chi connectivity index (χ3v) is 3.98. The van der Waals surface area contributed by atoms with E-state index in [2.05, 4.69) is 10.2 Å². The van der Waals surface area contributed by atoms with Crippen molar-refractivity contribution in [3.63, 3.8) is 0 Å². The number of aliphatic hydroxyl groups is 1. The number of amides is 2. The second-order valence-electron chi connectivity index (χ2n) is 5.86. The Morgan fingerprint density at radius 2 is 1.78 bits per heavy atom. The van der Waals surface area contributed by atoms with E-state index in [0.29, 0.717) is 13.1 Å². The largest absolute Gasteiger partial charge is 0.390 e. The van der Waals surface area contributed by atoms with Gasteiger partial charge in [0.2, 0.25) is 0 Å². The Morgan fingerprint density at radius 1 is 1.22 bits per heavy atom. The van der Waals surface area contributed by atoms with E-state index in [1.165, 1.54) is 4.90 Å². The van der Waals surface area contributed by atoms with Crippen LogP contribution in [-0.2, 0) is 13.1 Å². The third-order valence-electron chi connectivity index (χ3n) is 3.98. The van der Waals surface area contributed by atoms with Gasteiger partial charge in [-0.25, -0.2) is 4.79 Å². The van der Waals surface area contributed by atoms with Crippen molar-refractivity contribution in [2.75, 3.05) is 13.1 Å². The fraction of sp³-hybridized carbons (Fsp3) is 0.333. The highest BCUT2D eigenvalue weighted by atomic mass is 16.3. The van der Waals surface area contributed by atoms with E-state index in [1.54, 1.807) is 0 Å². The number of benzene rings is 1. The molecule has 0 atom stereocenters. The van der Waals surface area contributed by atoms with Crippen molar-refractivity contribution in [3.8, 4) is 0 Å². The van der Waals surface area contributed by atoms with E-state index in [9.17, 15) is 9.90 Å². The van der Waals surface area contributed by atoms with Crippen molar-refractivity contribution in [2.24, 2.45) is 11.5 Å². The number of carbonyl (C=O) groups is 1. The van der Waals surface area contributed by atoms with Crippen molar-refractivity contribution in [2.45, 2.75) is 19.2 Å². The first-order chi connectivity index (χ1) is 10.9. The SMILES string of the molecule is N=C1C(=C(N)N)NC(=O)N1Cc1ccc(CN2CC(O)C2)cc1. The van der Waals surface area contributed by atoms with Crippen molar-refractivity contribution in [1.82, 2.24) is 15.1 Å². The maximum Gasteiger partial charge on any atom is 0.328 e. The van der Waals surface area contributed by atoms with Gasteiger partial charge in [-0.1, -0.05) is 24.3 Å². The molecular formula is C15H20N6O2. The molecule has 3 rings (SSSR count). The van der Waals surface area contributed by atoms with Gasteiger partial charge in [0, 0.05) is 19.6 Å². The maximum atomic E-state index is 11.9. The molecule has 0 aliphatic carbocycles. The molecule has 122 valence electrons. The molecule has 0 aromatic heterocycles. The maximum absolute atomic E-state index is 11.9. The Balaban J connectivity index is 1.63. The number of hydrogen-bond acceptors (Lipinski definition) is 6. The summed E-state index contributed by atoms with van der Waals surface area (Å²) in [5.74, 6) is -0.0911. The van der Waals surface area contributed by atoms with Gasteiger partial charge in [0.05, 0.1) is 12.6 Å². The number of likely N-dealkylation sites (tertiary alicyclic amines) is 1. The number of carbonyl (C=O) groups excluding carboxylic acids is 1. The van der Waals surface area contributed by atoms with Crippen molar-refractivity contribution < 1.29 is 9.90 Å². The molecular weight excluding hydrogens is 296 g/mol. The first-order valence-electron chi connectivity index (χ1n) is 7.35. The molecule has 8 heteroatoms. The van der Waals surface area contributed by atoms with E-state index < -0.39 is 6.03 Å². The number of nitrogens with two attached hydrogens (primary N) is 2. The minimum atomic E-state index is -0.406. The first kappa shape index (κ1) is 15.3. The predicted molar refractivity (Wildman–Crippen MR) is 84.9 cm³/mol. The standard InChI is InChI=1S/C15H20N6O2/c16-13(17)12-14(18)21(15(23)19-12)6-10-3-1-9(2-4-10)5-20-7-11(22)8-20/h1-4,11,18,22H,5-8,16-17H2,(H,19,23). The van der Waals surface area contributed by atoms with Crippen LogP contribution >= 0.6 is 0 Å². The van der Waals surface area contributed by atoms with E-state index in [-0.39, 0.29) is 30.0 Å². The Labute approximate surface area is 133 Å². The number of rotatable bonds is 4. The molecule has 0 bridgehead atoms. The average Bonchev–Trinajstić information content (AvgIpc) is 2.76. The number of nitrogens with one attached hydrogen (secondary N) is 2. The van der Waals surface area contributed by atoms with E-state index >= 15 is 0 Å². The monoisotopic (exact) mass is 316 g/mol. The highest BCUT2D eigenvalue weighted by Crippen LogP contribution is 2.17. The molecule has 1 aromatic rings. The molecule has 7 N–H and O–H groups in total. The van der Waals surface area contributed by atoms with Crippen LogP contribution in [0.25, 0.3) is 0 Å². The molecule has 0 spiro atoms.